The number of fused-ring (bicyclic) bond motifs is 2. The lowest BCUT2D eigenvalue weighted by Gasteiger charge is -2.14. The number of halogens is 1. The van der Waals surface area contributed by atoms with Crippen LogP contribution in [-0.2, 0) is 6.54 Å². The van der Waals surface area contributed by atoms with Crippen LogP contribution >= 0.6 is 0 Å². The van der Waals surface area contributed by atoms with Gasteiger partial charge in [0, 0.05) is 42.3 Å². The van der Waals surface area contributed by atoms with E-state index in [9.17, 15) is 14.8 Å². The molecule has 31 heavy (non-hydrogen) atoms. The number of nitrogens with zero attached hydrogens (tertiary/aromatic N) is 4. The highest BCUT2D eigenvalue weighted by Crippen LogP contribution is 2.36. The summed E-state index contributed by atoms with van der Waals surface area (Å²) in [5.74, 6) is 0.341. The number of imidazole rings is 1. The Bertz CT molecular complexity index is 1260. The third kappa shape index (κ3) is 3.67. The molecule has 1 unspecified atom stereocenters. The van der Waals surface area contributed by atoms with Gasteiger partial charge < -0.3 is 25.9 Å². The minimum absolute atomic E-state index is 0.0469. The maximum atomic E-state index is 14.5. The molecule has 1 aliphatic heterocycles. The molecule has 0 radical (unpaired) electrons. The van der Waals surface area contributed by atoms with Crippen LogP contribution in [0.15, 0.2) is 30.6 Å². The van der Waals surface area contributed by atoms with Gasteiger partial charge in [-0.2, -0.15) is 5.26 Å². The molecule has 0 spiro atoms. The molecule has 1 atom stereocenters. The molecule has 4 rings (SSSR count). The molecule has 0 aliphatic carbocycles. The molecule has 3 aromatic rings. The Morgan fingerprint density at radius 3 is 3.03 bits per heavy atom. The summed E-state index contributed by atoms with van der Waals surface area (Å²) in [4.78, 5) is 8.77. The molecule has 1 aliphatic rings. The number of rotatable bonds is 6. The van der Waals surface area contributed by atoms with Crippen LogP contribution in [0.4, 0.5) is 10.3 Å². The van der Waals surface area contributed by atoms with Crippen LogP contribution in [0.25, 0.3) is 11.3 Å². The first-order chi connectivity index (χ1) is 14.9. The van der Waals surface area contributed by atoms with Crippen LogP contribution < -0.4 is 15.4 Å². The summed E-state index contributed by atoms with van der Waals surface area (Å²) in [5.41, 5.74) is 2.93. The predicted molar refractivity (Wildman–Crippen MR) is 112 cm³/mol. The van der Waals surface area contributed by atoms with Crippen LogP contribution in [0.5, 0.6) is 5.75 Å². The number of aliphatic hydroxyl groups is 1. The fraction of sp³-hybridized carbons (Fsp3) is 0.238. The lowest BCUT2D eigenvalue weighted by atomic mass is 10.0. The van der Waals surface area contributed by atoms with Crippen molar-refractivity contribution in [2.75, 3.05) is 19.0 Å². The summed E-state index contributed by atoms with van der Waals surface area (Å²) in [6.45, 7) is 1.78. The third-order valence-electron chi connectivity index (χ3n) is 4.94. The number of allylic oxidation sites excluding steroid dienone is 1. The lowest BCUT2D eigenvalue weighted by molar-refractivity contribution is 0.140. The van der Waals surface area contributed by atoms with Crippen molar-refractivity contribution in [1.82, 2.24) is 19.7 Å². The van der Waals surface area contributed by atoms with Crippen molar-refractivity contribution >= 4 is 23.0 Å². The first-order valence-electron chi connectivity index (χ1n) is 9.52. The quantitative estimate of drug-likeness (QED) is 0.449. The van der Waals surface area contributed by atoms with Crippen molar-refractivity contribution in [3.63, 3.8) is 0 Å². The number of nitrogens with one attached hydrogen (secondary N) is 3. The molecule has 4 N–H and O–H groups in total. The van der Waals surface area contributed by atoms with E-state index in [0.717, 1.165) is 0 Å². The molecular formula is C21H20FN7O2. The SMILES string of the molecule is CN/C(=C\C(C)=N)c1cnc(NCc2c(F)ccc3c2C(O)CO3)n2cc(C#N)nc12. The number of hydrogen-bond acceptors (Lipinski definition) is 8. The normalized spacial score (nSPS) is 15.3. The predicted octanol–water partition coefficient (Wildman–Crippen LogP) is 2.38. The molecule has 1 aromatic carbocycles. The fourth-order valence-electron chi connectivity index (χ4n) is 3.56. The van der Waals surface area contributed by atoms with E-state index in [1.54, 1.807) is 30.6 Å². The van der Waals surface area contributed by atoms with E-state index in [2.05, 4.69) is 20.6 Å². The Kier molecular flexibility index (Phi) is 5.27. The number of aromatic nitrogens is 3. The minimum Gasteiger partial charge on any atom is -0.490 e. The van der Waals surface area contributed by atoms with E-state index in [1.165, 1.54) is 18.3 Å². The smallest absolute Gasteiger partial charge is 0.208 e. The van der Waals surface area contributed by atoms with Crippen molar-refractivity contribution in [3.8, 4) is 11.8 Å². The highest BCUT2D eigenvalue weighted by molar-refractivity contribution is 5.98. The summed E-state index contributed by atoms with van der Waals surface area (Å²) in [6.07, 6.45) is 3.84. The van der Waals surface area contributed by atoms with Gasteiger partial charge >= 0.3 is 0 Å². The van der Waals surface area contributed by atoms with Gasteiger partial charge in [-0.25, -0.2) is 14.4 Å². The van der Waals surface area contributed by atoms with E-state index >= 15 is 0 Å². The first-order valence-corrected chi connectivity index (χ1v) is 9.52. The standard InChI is InChI=1S/C21H20FN7O2/c1-11(24)5-16(25-2)14-8-27-21(29-9-12(6-23)28-20(14)29)26-7-13-15(22)3-4-18-19(13)17(30)10-31-18/h3-5,8-9,17,24-25,30H,7,10H2,1-2H3,(H,26,27)/b16-5-,24-11?. The molecule has 0 saturated heterocycles. The molecule has 10 heteroatoms. The largest absolute Gasteiger partial charge is 0.490 e. The molecule has 2 aromatic heterocycles. The second-order valence-corrected chi connectivity index (χ2v) is 7.04. The zero-order valence-corrected chi connectivity index (χ0v) is 16.9. The van der Waals surface area contributed by atoms with Gasteiger partial charge in [0.25, 0.3) is 0 Å². The summed E-state index contributed by atoms with van der Waals surface area (Å²) >= 11 is 0. The van der Waals surface area contributed by atoms with E-state index in [4.69, 9.17) is 10.1 Å². The number of ether oxygens (including phenoxy) is 1. The number of anilines is 1. The zero-order valence-electron chi connectivity index (χ0n) is 16.9. The zero-order chi connectivity index (χ0) is 22.1. The summed E-state index contributed by atoms with van der Waals surface area (Å²) < 4.78 is 21.5. The van der Waals surface area contributed by atoms with Gasteiger partial charge in [-0.05, 0) is 25.1 Å². The van der Waals surface area contributed by atoms with Crippen LogP contribution in [0.3, 0.4) is 0 Å². The Hall–Kier alpha value is -3.97. The first kappa shape index (κ1) is 20.3. The molecule has 3 heterocycles. The van der Waals surface area contributed by atoms with E-state index < -0.39 is 11.9 Å². The van der Waals surface area contributed by atoms with Gasteiger partial charge in [-0.15, -0.1) is 0 Å². The molecular weight excluding hydrogens is 401 g/mol. The van der Waals surface area contributed by atoms with E-state index in [-0.39, 0.29) is 24.4 Å². The Labute approximate surface area is 177 Å². The number of hydrogen-bond donors (Lipinski definition) is 4. The molecule has 158 valence electrons. The highest BCUT2D eigenvalue weighted by Gasteiger charge is 2.27. The third-order valence-corrected chi connectivity index (χ3v) is 4.94. The Morgan fingerprint density at radius 1 is 1.52 bits per heavy atom. The van der Waals surface area contributed by atoms with Gasteiger partial charge in [0.1, 0.15) is 30.3 Å². The molecule has 0 saturated carbocycles. The number of nitriles is 1. The Balaban J connectivity index is 1.75. The van der Waals surface area contributed by atoms with Crippen molar-refractivity contribution < 1.29 is 14.2 Å². The highest BCUT2D eigenvalue weighted by atomic mass is 19.1. The topological polar surface area (TPSA) is 131 Å². The number of aliphatic hydroxyl groups excluding tert-OH is 1. The van der Waals surface area contributed by atoms with Crippen molar-refractivity contribution in [3.05, 3.63) is 58.8 Å². The second kappa shape index (κ2) is 8.04. The maximum Gasteiger partial charge on any atom is 0.208 e. The maximum absolute atomic E-state index is 14.5. The van der Waals surface area contributed by atoms with Gasteiger partial charge in [0.05, 0.1) is 11.8 Å². The average Bonchev–Trinajstić information content (AvgIpc) is 3.35. The minimum atomic E-state index is -0.899. The average molecular weight is 421 g/mol. The molecule has 9 nitrogen and oxygen atoms in total. The van der Waals surface area contributed by atoms with Crippen LogP contribution in [0, 0.1) is 22.6 Å². The monoisotopic (exact) mass is 421 g/mol. The van der Waals surface area contributed by atoms with Gasteiger partial charge in [-0.1, -0.05) is 0 Å². The molecule has 0 bridgehead atoms. The number of benzene rings is 1. The van der Waals surface area contributed by atoms with Gasteiger partial charge in [0.2, 0.25) is 5.95 Å². The van der Waals surface area contributed by atoms with Crippen LogP contribution in [-0.4, -0.2) is 38.8 Å². The van der Waals surface area contributed by atoms with E-state index in [1.807, 2.05) is 6.07 Å². The van der Waals surface area contributed by atoms with Crippen LogP contribution in [0.2, 0.25) is 0 Å². The van der Waals surface area contributed by atoms with Gasteiger partial charge in [0.15, 0.2) is 11.3 Å². The molecule has 0 amide bonds. The van der Waals surface area contributed by atoms with Gasteiger partial charge in [-0.3, -0.25) is 4.40 Å². The van der Waals surface area contributed by atoms with Crippen LogP contribution in [0.1, 0.15) is 35.4 Å². The summed E-state index contributed by atoms with van der Waals surface area (Å²) in [6, 6.07) is 4.81. The Morgan fingerprint density at radius 2 is 2.32 bits per heavy atom. The summed E-state index contributed by atoms with van der Waals surface area (Å²) in [7, 11) is 1.72. The fourth-order valence-corrected chi connectivity index (χ4v) is 3.56. The van der Waals surface area contributed by atoms with Crippen molar-refractivity contribution in [2.24, 2.45) is 0 Å². The van der Waals surface area contributed by atoms with Crippen molar-refractivity contribution in [1.29, 1.82) is 10.7 Å². The molecule has 0 fully saturated rings. The lowest BCUT2D eigenvalue weighted by Crippen LogP contribution is -2.13. The summed E-state index contributed by atoms with van der Waals surface area (Å²) in [5, 5.41) is 33.3. The second-order valence-electron chi connectivity index (χ2n) is 7.04. The van der Waals surface area contributed by atoms with Crippen molar-refractivity contribution in [2.45, 2.75) is 19.6 Å². The van der Waals surface area contributed by atoms with E-state index in [0.29, 0.717) is 39.9 Å².